The number of thioether (sulfide) groups is 1. The Labute approximate surface area is 124 Å². The molecule has 1 fully saturated rings. The number of hydrogen-bond donors (Lipinski definition) is 1. The number of benzene rings is 1. The average molecular weight is 287 g/mol. The Morgan fingerprint density at radius 2 is 2.10 bits per heavy atom. The summed E-state index contributed by atoms with van der Waals surface area (Å²) in [4.78, 5) is 5.69. The van der Waals surface area contributed by atoms with E-state index in [2.05, 4.69) is 46.2 Å². The number of nitrogens with one attached hydrogen (secondary N) is 1. The van der Waals surface area contributed by atoms with Crippen LogP contribution in [0.25, 0.3) is 0 Å². The molecule has 1 N–H and O–H groups in total. The number of aromatic nitrogens is 2. The highest BCUT2D eigenvalue weighted by molar-refractivity contribution is 7.99. The molecular formula is C16H21N3S. The summed E-state index contributed by atoms with van der Waals surface area (Å²) in [5.74, 6) is 2.23. The van der Waals surface area contributed by atoms with Gasteiger partial charge in [-0.05, 0) is 30.5 Å². The largest absolute Gasteiger partial charge is 0.338 e. The Hall–Kier alpha value is -1.26. The van der Waals surface area contributed by atoms with Gasteiger partial charge in [-0.25, -0.2) is 4.98 Å². The molecule has 106 valence electrons. The molecule has 0 saturated heterocycles. The Bertz CT molecular complexity index is 543. The molecule has 0 bridgehead atoms. The summed E-state index contributed by atoms with van der Waals surface area (Å²) in [7, 11) is 2.05. The number of hydrogen-bond acceptors (Lipinski definition) is 3. The zero-order valence-corrected chi connectivity index (χ0v) is 12.7. The number of rotatable bonds is 7. The van der Waals surface area contributed by atoms with Gasteiger partial charge in [-0.1, -0.05) is 12.1 Å². The molecule has 1 aromatic heterocycles. The SMILES string of the molecule is Cn1ccnc1CCSc1ccc(CNC2CC2)cc1. The van der Waals surface area contributed by atoms with Gasteiger partial charge in [0, 0.05) is 49.1 Å². The second-order valence-corrected chi connectivity index (χ2v) is 6.52. The zero-order valence-electron chi connectivity index (χ0n) is 11.9. The molecule has 2 aromatic rings. The van der Waals surface area contributed by atoms with E-state index in [-0.39, 0.29) is 0 Å². The van der Waals surface area contributed by atoms with Gasteiger partial charge in [0.25, 0.3) is 0 Å². The molecule has 1 saturated carbocycles. The normalized spacial score (nSPS) is 14.7. The van der Waals surface area contributed by atoms with E-state index in [4.69, 9.17) is 0 Å². The molecule has 1 heterocycles. The molecule has 3 rings (SSSR count). The van der Waals surface area contributed by atoms with Crippen LogP contribution in [0.3, 0.4) is 0 Å². The molecule has 0 radical (unpaired) electrons. The highest BCUT2D eigenvalue weighted by Crippen LogP contribution is 2.21. The summed E-state index contributed by atoms with van der Waals surface area (Å²) in [6, 6.07) is 9.71. The minimum Gasteiger partial charge on any atom is -0.338 e. The molecular weight excluding hydrogens is 266 g/mol. The lowest BCUT2D eigenvalue weighted by Crippen LogP contribution is -2.14. The van der Waals surface area contributed by atoms with Crippen molar-refractivity contribution < 1.29 is 0 Å². The van der Waals surface area contributed by atoms with Gasteiger partial charge >= 0.3 is 0 Å². The van der Waals surface area contributed by atoms with Crippen LogP contribution in [-0.2, 0) is 20.0 Å². The smallest absolute Gasteiger partial charge is 0.109 e. The molecule has 0 atom stereocenters. The summed E-state index contributed by atoms with van der Waals surface area (Å²) in [5.41, 5.74) is 1.38. The standard InChI is InChI=1S/C16H21N3S/c1-19-10-9-17-16(19)8-11-20-15-6-2-13(3-7-15)12-18-14-4-5-14/h2-3,6-7,9-10,14,18H,4-5,8,11-12H2,1H3. The first-order chi connectivity index (χ1) is 9.81. The molecule has 1 aliphatic carbocycles. The van der Waals surface area contributed by atoms with E-state index >= 15 is 0 Å². The van der Waals surface area contributed by atoms with Gasteiger partial charge in [-0.15, -0.1) is 11.8 Å². The Balaban J connectivity index is 1.44. The van der Waals surface area contributed by atoms with Gasteiger partial charge in [0.2, 0.25) is 0 Å². The second kappa shape index (κ2) is 6.46. The van der Waals surface area contributed by atoms with E-state index in [9.17, 15) is 0 Å². The minimum absolute atomic E-state index is 0.779. The summed E-state index contributed by atoms with van der Waals surface area (Å²) >= 11 is 1.90. The molecule has 3 nitrogen and oxygen atoms in total. The topological polar surface area (TPSA) is 29.9 Å². The monoisotopic (exact) mass is 287 g/mol. The van der Waals surface area contributed by atoms with Crippen molar-refractivity contribution in [2.45, 2.75) is 36.7 Å². The van der Waals surface area contributed by atoms with Crippen LogP contribution in [0.1, 0.15) is 24.2 Å². The van der Waals surface area contributed by atoms with Crippen LogP contribution in [0.15, 0.2) is 41.6 Å². The lowest BCUT2D eigenvalue weighted by atomic mass is 10.2. The van der Waals surface area contributed by atoms with E-state index in [1.54, 1.807) is 0 Å². The summed E-state index contributed by atoms with van der Waals surface area (Å²) in [5, 5.41) is 3.54. The van der Waals surface area contributed by atoms with Crippen molar-refractivity contribution >= 4 is 11.8 Å². The molecule has 0 aliphatic heterocycles. The van der Waals surface area contributed by atoms with E-state index in [1.807, 2.05) is 24.2 Å². The van der Waals surface area contributed by atoms with Crippen LogP contribution >= 0.6 is 11.8 Å². The maximum atomic E-state index is 4.35. The number of nitrogens with zero attached hydrogens (tertiary/aromatic N) is 2. The van der Waals surface area contributed by atoms with E-state index < -0.39 is 0 Å². The van der Waals surface area contributed by atoms with Gasteiger partial charge in [-0.3, -0.25) is 0 Å². The predicted molar refractivity (Wildman–Crippen MR) is 83.9 cm³/mol. The molecule has 0 amide bonds. The van der Waals surface area contributed by atoms with Gasteiger partial charge < -0.3 is 9.88 Å². The Morgan fingerprint density at radius 1 is 1.30 bits per heavy atom. The summed E-state index contributed by atoms with van der Waals surface area (Å²) < 4.78 is 2.09. The van der Waals surface area contributed by atoms with Crippen molar-refractivity contribution in [3.05, 3.63) is 48.0 Å². The molecule has 20 heavy (non-hydrogen) atoms. The Morgan fingerprint density at radius 3 is 2.75 bits per heavy atom. The van der Waals surface area contributed by atoms with Gasteiger partial charge in [0.05, 0.1) is 0 Å². The van der Waals surface area contributed by atoms with Crippen molar-refractivity contribution in [2.75, 3.05) is 5.75 Å². The first kappa shape index (κ1) is 13.7. The van der Waals surface area contributed by atoms with Gasteiger partial charge in [0.15, 0.2) is 0 Å². The molecule has 1 aromatic carbocycles. The molecule has 0 spiro atoms. The second-order valence-electron chi connectivity index (χ2n) is 5.35. The van der Waals surface area contributed by atoms with Crippen LogP contribution in [0.5, 0.6) is 0 Å². The van der Waals surface area contributed by atoms with Crippen LogP contribution < -0.4 is 5.32 Å². The lowest BCUT2D eigenvalue weighted by Gasteiger charge is -2.05. The first-order valence-electron chi connectivity index (χ1n) is 7.22. The van der Waals surface area contributed by atoms with Gasteiger partial charge in [0.1, 0.15) is 5.82 Å². The van der Waals surface area contributed by atoms with Crippen molar-refractivity contribution in [1.82, 2.24) is 14.9 Å². The average Bonchev–Trinajstić information content (AvgIpc) is 3.21. The van der Waals surface area contributed by atoms with Crippen LogP contribution in [0, 0.1) is 0 Å². The lowest BCUT2D eigenvalue weighted by molar-refractivity contribution is 0.687. The van der Waals surface area contributed by atoms with E-state index in [0.29, 0.717) is 0 Å². The van der Waals surface area contributed by atoms with E-state index in [0.717, 1.165) is 30.6 Å². The minimum atomic E-state index is 0.779. The summed E-state index contributed by atoms with van der Waals surface area (Å²) in [6.07, 6.45) is 7.57. The maximum absolute atomic E-state index is 4.35. The van der Waals surface area contributed by atoms with Crippen molar-refractivity contribution in [3.63, 3.8) is 0 Å². The van der Waals surface area contributed by atoms with Crippen molar-refractivity contribution in [1.29, 1.82) is 0 Å². The first-order valence-corrected chi connectivity index (χ1v) is 8.21. The third kappa shape index (κ3) is 3.87. The quantitative estimate of drug-likeness (QED) is 0.794. The highest BCUT2D eigenvalue weighted by atomic mass is 32.2. The fourth-order valence-corrected chi connectivity index (χ4v) is 3.00. The van der Waals surface area contributed by atoms with Crippen molar-refractivity contribution in [3.8, 4) is 0 Å². The van der Waals surface area contributed by atoms with E-state index in [1.165, 1.54) is 23.3 Å². The van der Waals surface area contributed by atoms with Crippen molar-refractivity contribution in [2.24, 2.45) is 7.05 Å². The predicted octanol–water partition coefficient (Wildman–Crippen LogP) is 3.01. The molecule has 1 aliphatic rings. The zero-order chi connectivity index (χ0) is 13.8. The van der Waals surface area contributed by atoms with Crippen LogP contribution in [0.2, 0.25) is 0 Å². The third-order valence-corrected chi connectivity index (χ3v) is 4.62. The van der Waals surface area contributed by atoms with Crippen LogP contribution in [-0.4, -0.2) is 21.3 Å². The summed E-state index contributed by atoms with van der Waals surface area (Å²) in [6.45, 7) is 1.00. The fourth-order valence-electron chi connectivity index (χ4n) is 2.15. The number of aryl methyl sites for hydroxylation is 2. The Kier molecular flexibility index (Phi) is 4.43. The molecule has 4 heteroatoms. The van der Waals surface area contributed by atoms with Gasteiger partial charge in [-0.2, -0.15) is 0 Å². The maximum Gasteiger partial charge on any atom is 0.109 e. The fraction of sp³-hybridized carbons (Fsp3) is 0.438. The highest BCUT2D eigenvalue weighted by Gasteiger charge is 2.19. The third-order valence-electron chi connectivity index (χ3n) is 3.61. The number of imidazole rings is 1. The molecule has 0 unspecified atom stereocenters. The van der Waals surface area contributed by atoms with Crippen LogP contribution in [0.4, 0.5) is 0 Å².